The zero-order valence-corrected chi connectivity index (χ0v) is 12.6. The first-order valence-corrected chi connectivity index (χ1v) is 7.37. The van der Waals surface area contributed by atoms with Crippen molar-refractivity contribution < 1.29 is 13.9 Å². The van der Waals surface area contributed by atoms with Gasteiger partial charge < -0.3 is 14.5 Å². The summed E-state index contributed by atoms with van der Waals surface area (Å²) in [5, 5.41) is 2.82. The van der Waals surface area contributed by atoms with Crippen LogP contribution in [0.3, 0.4) is 0 Å². The molecular formula is C15H14BrNO3. The van der Waals surface area contributed by atoms with E-state index in [9.17, 15) is 4.79 Å². The fourth-order valence-corrected chi connectivity index (χ4v) is 2.99. The second-order valence-corrected chi connectivity index (χ2v) is 5.52. The molecule has 3 rings (SSSR count). The number of nitrogens with one attached hydrogen (secondary N) is 1. The van der Waals surface area contributed by atoms with Crippen molar-refractivity contribution in [2.24, 2.45) is 0 Å². The van der Waals surface area contributed by atoms with Gasteiger partial charge in [0, 0.05) is 12.0 Å². The molecule has 2 heterocycles. The quantitative estimate of drug-likeness (QED) is 0.871. The lowest BCUT2D eigenvalue weighted by atomic mass is 10.0. The highest BCUT2D eigenvalue weighted by Crippen LogP contribution is 2.38. The molecular weight excluding hydrogens is 322 g/mol. The van der Waals surface area contributed by atoms with Gasteiger partial charge in [-0.2, -0.15) is 0 Å². The van der Waals surface area contributed by atoms with E-state index < -0.39 is 0 Å². The molecule has 1 aromatic heterocycles. The molecule has 1 aliphatic rings. The number of hydrogen-bond donors (Lipinski definition) is 1. The molecule has 0 radical (unpaired) electrons. The van der Waals surface area contributed by atoms with Crippen molar-refractivity contribution in [3.63, 3.8) is 0 Å². The van der Waals surface area contributed by atoms with Crippen LogP contribution >= 0.6 is 15.9 Å². The van der Waals surface area contributed by atoms with Crippen molar-refractivity contribution in [2.45, 2.75) is 18.2 Å². The van der Waals surface area contributed by atoms with Gasteiger partial charge in [-0.15, -0.1) is 0 Å². The van der Waals surface area contributed by atoms with Gasteiger partial charge in [-0.05, 0) is 23.8 Å². The number of aryl methyl sites for hydroxylation is 1. The summed E-state index contributed by atoms with van der Waals surface area (Å²) in [6, 6.07) is 7.76. The minimum Gasteiger partial charge on any atom is -0.482 e. The molecule has 0 spiro atoms. The van der Waals surface area contributed by atoms with Gasteiger partial charge in [0.25, 0.3) is 5.91 Å². The topological polar surface area (TPSA) is 51.5 Å². The average Bonchev–Trinajstić information content (AvgIpc) is 2.94. The van der Waals surface area contributed by atoms with Crippen LogP contribution in [0.15, 0.2) is 34.9 Å². The lowest BCUT2D eigenvalue weighted by molar-refractivity contribution is -0.118. The number of hydrogen-bond acceptors (Lipinski definition) is 3. The Bertz CT molecular complexity index is 650. The first kappa shape index (κ1) is 13.2. The van der Waals surface area contributed by atoms with Gasteiger partial charge in [-0.25, -0.2) is 0 Å². The number of halogens is 1. The number of ether oxygens (including phenoxy) is 1. The van der Waals surface area contributed by atoms with Crippen molar-refractivity contribution >= 4 is 27.5 Å². The van der Waals surface area contributed by atoms with Crippen molar-refractivity contribution in [3.8, 4) is 5.75 Å². The number of carbonyl (C=O) groups is 1. The normalized spacial score (nSPS) is 15.2. The van der Waals surface area contributed by atoms with Crippen LogP contribution in [0, 0.1) is 0 Å². The maximum atomic E-state index is 11.4. The van der Waals surface area contributed by atoms with Crippen LogP contribution in [0.4, 0.5) is 5.69 Å². The average molecular weight is 336 g/mol. The number of anilines is 1. The number of fused-ring (bicyclic) bond motifs is 1. The second-order valence-electron chi connectivity index (χ2n) is 4.61. The predicted octanol–water partition coefficient (Wildman–Crippen LogP) is 3.66. The molecule has 0 aliphatic carbocycles. The number of benzene rings is 1. The Kier molecular flexibility index (Phi) is 3.53. The van der Waals surface area contributed by atoms with E-state index in [1.54, 1.807) is 6.26 Å². The molecule has 1 unspecified atom stereocenters. The Labute approximate surface area is 125 Å². The summed E-state index contributed by atoms with van der Waals surface area (Å²) in [5.74, 6) is 1.54. The van der Waals surface area contributed by atoms with E-state index in [0.29, 0.717) is 11.4 Å². The van der Waals surface area contributed by atoms with Crippen LogP contribution < -0.4 is 10.1 Å². The highest BCUT2D eigenvalue weighted by atomic mass is 79.9. The summed E-state index contributed by atoms with van der Waals surface area (Å²) >= 11 is 3.69. The fourth-order valence-electron chi connectivity index (χ4n) is 2.30. The monoisotopic (exact) mass is 335 g/mol. The zero-order valence-electron chi connectivity index (χ0n) is 11.0. The molecule has 0 fully saturated rings. The van der Waals surface area contributed by atoms with Gasteiger partial charge in [0.1, 0.15) is 11.5 Å². The summed E-state index contributed by atoms with van der Waals surface area (Å²) < 4.78 is 10.8. The lowest BCUT2D eigenvalue weighted by Gasteiger charge is -2.20. The molecule has 1 N–H and O–H groups in total. The Morgan fingerprint density at radius 3 is 3.05 bits per heavy atom. The summed E-state index contributed by atoms with van der Waals surface area (Å²) in [7, 11) is 0. The van der Waals surface area contributed by atoms with Gasteiger partial charge in [0.2, 0.25) is 0 Å². The molecule has 0 bridgehead atoms. The maximum absolute atomic E-state index is 11.4. The van der Waals surface area contributed by atoms with Gasteiger partial charge in [-0.1, -0.05) is 28.9 Å². The van der Waals surface area contributed by atoms with Gasteiger partial charge >= 0.3 is 0 Å². The second kappa shape index (κ2) is 5.32. The number of furan rings is 1. The first-order chi connectivity index (χ1) is 9.69. The maximum Gasteiger partial charge on any atom is 0.262 e. The zero-order chi connectivity index (χ0) is 14.1. The van der Waals surface area contributed by atoms with Gasteiger partial charge in [0.15, 0.2) is 6.61 Å². The summed E-state index contributed by atoms with van der Waals surface area (Å²) in [6.07, 6.45) is 2.54. The summed E-state index contributed by atoms with van der Waals surface area (Å²) in [4.78, 5) is 11.4. The molecule has 1 amide bonds. The molecule has 0 saturated carbocycles. The van der Waals surface area contributed by atoms with E-state index in [-0.39, 0.29) is 17.3 Å². The number of carbonyl (C=O) groups excluding carboxylic acids is 1. The van der Waals surface area contributed by atoms with E-state index in [2.05, 4.69) is 28.2 Å². The summed E-state index contributed by atoms with van der Waals surface area (Å²) in [6.45, 7) is 2.13. The third-order valence-electron chi connectivity index (χ3n) is 3.30. The number of alkyl halides is 1. The standard InChI is InChI=1S/C15H14BrNO3/c1-2-12-10(5-6-19-12)15(16)9-3-4-13-11(7-9)17-14(18)8-20-13/h3-7,15H,2,8H2,1H3,(H,17,18). The Hall–Kier alpha value is -1.75. The Morgan fingerprint density at radius 1 is 1.40 bits per heavy atom. The van der Waals surface area contributed by atoms with Crippen molar-refractivity contribution in [2.75, 3.05) is 11.9 Å². The van der Waals surface area contributed by atoms with Crippen LogP contribution in [0.1, 0.15) is 28.6 Å². The molecule has 1 atom stereocenters. The third kappa shape index (κ3) is 2.33. The smallest absolute Gasteiger partial charge is 0.262 e. The van der Waals surface area contributed by atoms with Crippen molar-refractivity contribution in [1.82, 2.24) is 0 Å². The molecule has 1 aromatic carbocycles. The number of rotatable bonds is 3. The minimum absolute atomic E-state index is 0.0281. The number of amides is 1. The Morgan fingerprint density at radius 2 is 2.25 bits per heavy atom. The molecule has 0 saturated heterocycles. The fraction of sp³-hybridized carbons (Fsp3) is 0.267. The van der Waals surface area contributed by atoms with Crippen molar-refractivity contribution in [3.05, 3.63) is 47.4 Å². The van der Waals surface area contributed by atoms with Crippen LogP contribution in [-0.4, -0.2) is 12.5 Å². The molecule has 20 heavy (non-hydrogen) atoms. The van der Waals surface area contributed by atoms with E-state index in [0.717, 1.165) is 23.3 Å². The molecule has 1 aliphatic heterocycles. The van der Waals surface area contributed by atoms with Crippen LogP contribution in [0.25, 0.3) is 0 Å². The molecule has 2 aromatic rings. The van der Waals surface area contributed by atoms with Crippen molar-refractivity contribution in [1.29, 1.82) is 0 Å². The minimum atomic E-state index is -0.127. The predicted molar refractivity (Wildman–Crippen MR) is 79.4 cm³/mol. The van der Waals surface area contributed by atoms with Gasteiger partial charge in [-0.3, -0.25) is 4.79 Å². The SMILES string of the molecule is CCc1occc1C(Br)c1ccc2c(c1)NC(=O)CO2. The highest BCUT2D eigenvalue weighted by molar-refractivity contribution is 9.09. The molecule has 4 nitrogen and oxygen atoms in total. The lowest BCUT2D eigenvalue weighted by Crippen LogP contribution is -2.25. The highest BCUT2D eigenvalue weighted by Gasteiger charge is 2.20. The molecule has 104 valence electrons. The van der Waals surface area contributed by atoms with Crippen LogP contribution in [0.5, 0.6) is 5.75 Å². The van der Waals surface area contributed by atoms with E-state index in [1.807, 2.05) is 24.3 Å². The van der Waals surface area contributed by atoms with E-state index in [4.69, 9.17) is 9.15 Å². The van der Waals surface area contributed by atoms with Crippen LogP contribution in [0.2, 0.25) is 0 Å². The van der Waals surface area contributed by atoms with Gasteiger partial charge in [0.05, 0.1) is 16.8 Å². The first-order valence-electron chi connectivity index (χ1n) is 6.46. The van der Waals surface area contributed by atoms with Crippen LogP contribution in [-0.2, 0) is 11.2 Å². The third-order valence-corrected chi connectivity index (χ3v) is 4.33. The Balaban J connectivity index is 1.94. The van der Waals surface area contributed by atoms with E-state index >= 15 is 0 Å². The molecule has 5 heteroatoms. The van der Waals surface area contributed by atoms with E-state index in [1.165, 1.54) is 0 Å². The summed E-state index contributed by atoms with van der Waals surface area (Å²) in [5.41, 5.74) is 2.87. The largest absolute Gasteiger partial charge is 0.482 e.